The number of alkyl halides is 1. The minimum Gasteiger partial charge on any atom is -0.481 e. The Bertz CT molecular complexity index is 538. The highest BCUT2D eigenvalue weighted by molar-refractivity contribution is 8.01. The molecule has 8 heteroatoms. The quantitative estimate of drug-likeness (QED) is 0.580. The molecule has 0 aromatic carbocycles. The number of rotatable bonds is 6. The van der Waals surface area contributed by atoms with E-state index in [9.17, 15) is 9.18 Å². The summed E-state index contributed by atoms with van der Waals surface area (Å²) in [5.74, 6) is 0.0386. The van der Waals surface area contributed by atoms with Crippen LogP contribution in [0.2, 0.25) is 0 Å². The first-order valence-electron chi connectivity index (χ1n) is 7.53. The maximum atomic E-state index is 14.7. The van der Waals surface area contributed by atoms with E-state index in [1.807, 2.05) is 0 Å². The van der Waals surface area contributed by atoms with Gasteiger partial charge in [0.25, 0.3) is 0 Å². The van der Waals surface area contributed by atoms with Gasteiger partial charge in [0.1, 0.15) is 6.17 Å². The van der Waals surface area contributed by atoms with E-state index in [-0.39, 0.29) is 11.8 Å². The van der Waals surface area contributed by atoms with E-state index in [2.05, 4.69) is 9.97 Å². The van der Waals surface area contributed by atoms with Crippen molar-refractivity contribution in [1.29, 1.82) is 0 Å². The molecule has 0 N–H and O–H groups in total. The van der Waals surface area contributed by atoms with E-state index in [0.717, 1.165) is 24.6 Å². The fourth-order valence-electron chi connectivity index (χ4n) is 2.54. The Labute approximate surface area is 139 Å². The number of ether oxygens (including phenoxy) is 3. The molecule has 1 aliphatic rings. The van der Waals surface area contributed by atoms with Crippen LogP contribution in [0.15, 0.2) is 11.2 Å². The molecule has 2 atom stereocenters. The van der Waals surface area contributed by atoms with Crippen LogP contribution in [-0.2, 0) is 9.53 Å². The van der Waals surface area contributed by atoms with Gasteiger partial charge in [-0.05, 0) is 19.8 Å². The lowest BCUT2D eigenvalue weighted by Gasteiger charge is -2.36. The third-order valence-electron chi connectivity index (χ3n) is 3.73. The largest absolute Gasteiger partial charge is 0.481 e. The first-order valence-corrected chi connectivity index (χ1v) is 8.34. The Kier molecular flexibility index (Phi) is 6.04. The summed E-state index contributed by atoms with van der Waals surface area (Å²) in [7, 11) is 2.94. The molecule has 23 heavy (non-hydrogen) atoms. The van der Waals surface area contributed by atoms with Gasteiger partial charge in [0.15, 0.2) is 9.90 Å². The third-order valence-corrected chi connectivity index (χ3v) is 5.09. The Balaban J connectivity index is 2.36. The molecule has 1 fully saturated rings. The molecule has 1 saturated carbocycles. The molecule has 0 aliphatic heterocycles. The highest BCUT2D eigenvalue weighted by Gasteiger charge is 2.51. The third kappa shape index (κ3) is 3.85. The van der Waals surface area contributed by atoms with E-state index in [4.69, 9.17) is 14.2 Å². The minimum atomic E-state index is -1.31. The summed E-state index contributed by atoms with van der Waals surface area (Å²) in [5, 5.41) is 0.235. The number of halogens is 1. The monoisotopic (exact) mass is 344 g/mol. The summed E-state index contributed by atoms with van der Waals surface area (Å²) in [6.07, 6.45) is 0.924. The molecule has 1 aliphatic carbocycles. The fourth-order valence-corrected chi connectivity index (χ4v) is 3.77. The number of methoxy groups -OCH3 is 2. The van der Waals surface area contributed by atoms with Crippen LogP contribution < -0.4 is 9.47 Å². The lowest BCUT2D eigenvalue weighted by Crippen LogP contribution is -2.47. The van der Waals surface area contributed by atoms with E-state index < -0.39 is 16.9 Å². The topological polar surface area (TPSA) is 70.5 Å². The molecule has 128 valence electrons. The lowest BCUT2D eigenvalue weighted by molar-refractivity contribution is -0.149. The van der Waals surface area contributed by atoms with Crippen molar-refractivity contribution in [3.05, 3.63) is 6.07 Å². The number of esters is 1. The normalized spacial score (nSPS) is 24.1. The molecule has 0 amide bonds. The Hall–Kier alpha value is -1.57. The van der Waals surface area contributed by atoms with Gasteiger partial charge in [-0.15, -0.1) is 0 Å². The van der Waals surface area contributed by atoms with Gasteiger partial charge >= 0.3 is 5.97 Å². The molecule has 2 rings (SSSR count). The van der Waals surface area contributed by atoms with Gasteiger partial charge in [-0.25, -0.2) is 4.39 Å². The predicted molar refractivity (Wildman–Crippen MR) is 83.7 cm³/mol. The number of nitrogens with zero attached hydrogens (tertiary/aromatic N) is 2. The molecular weight excluding hydrogens is 323 g/mol. The minimum absolute atomic E-state index is 0.205. The molecule has 1 heterocycles. The summed E-state index contributed by atoms with van der Waals surface area (Å²) in [4.78, 5) is 20.8. The van der Waals surface area contributed by atoms with Gasteiger partial charge in [0.2, 0.25) is 11.8 Å². The molecule has 0 saturated heterocycles. The Morgan fingerprint density at radius 3 is 2.52 bits per heavy atom. The maximum Gasteiger partial charge on any atom is 0.325 e. The van der Waals surface area contributed by atoms with E-state index in [0.29, 0.717) is 24.6 Å². The average molecular weight is 344 g/mol. The van der Waals surface area contributed by atoms with Crippen molar-refractivity contribution in [3.8, 4) is 11.8 Å². The second kappa shape index (κ2) is 7.81. The summed E-state index contributed by atoms with van der Waals surface area (Å²) in [5.41, 5.74) is 0. The molecule has 2 unspecified atom stereocenters. The zero-order chi connectivity index (χ0) is 16.9. The van der Waals surface area contributed by atoms with Gasteiger partial charge in [-0.2, -0.15) is 9.97 Å². The summed E-state index contributed by atoms with van der Waals surface area (Å²) < 4.78 is 28.7. The van der Waals surface area contributed by atoms with Crippen molar-refractivity contribution < 1.29 is 23.4 Å². The van der Waals surface area contributed by atoms with Crippen LogP contribution in [0.5, 0.6) is 11.8 Å². The number of carbonyl (C=O) groups excluding carboxylic acids is 1. The number of thioether (sulfide) groups is 1. The smallest absolute Gasteiger partial charge is 0.325 e. The molecule has 6 nitrogen and oxygen atoms in total. The fraction of sp³-hybridized carbons (Fsp3) is 0.667. The van der Waals surface area contributed by atoms with E-state index >= 15 is 0 Å². The van der Waals surface area contributed by atoms with Gasteiger partial charge < -0.3 is 14.2 Å². The van der Waals surface area contributed by atoms with Gasteiger partial charge in [-0.3, -0.25) is 4.79 Å². The predicted octanol–water partition coefficient (Wildman–Crippen LogP) is 2.80. The summed E-state index contributed by atoms with van der Waals surface area (Å²) in [6, 6.07) is 1.52. The highest BCUT2D eigenvalue weighted by atomic mass is 32.2. The summed E-state index contributed by atoms with van der Waals surface area (Å²) >= 11 is 0.995. The number of carbonyl (C=O) groups is 1. The SMILES string of the molecule is CCOC(=O)C1(Sc2nc(OC)cc(OC)n2)CCCCC1F. The second-order valence-electron chi connectivity index (χ2n) is 5.16. The number of hydrogen-bond acceptors (Lipinski definition) is 7. The number of aromatic nitrogens is 2. The van der Waals surface area contributed by atoms with Crippen LogP contribution in [0.1, 0.15) is 32.6 Å². The number of hydrogen-bond donors (Lipinski definition) is 0. The van der Waals surface area contributed by atoms with Gasteiger partial charge in [-0.1, -0.05) is 24.6 Å². The Morgan fingerprint density at radius 1 is 1.35 bits per heavy atom. The molecule has 0 radical (unpaired) electrons. The van der Waals surface area contributed by atoms with Gasteiger partial charge in [0, 0.05) is 0 Å². The Morgan fingerprint density at radius 2 is 2.00 bits per heavy atom. The van der Waals surface area contributed by atoms with Crippen LogP contribution >= 0.6 is 11.8 Å². The zero-order valence-electron chi connectivity index (χ0n) is 13.5. The van der Waals surface area contributed by atoms with Crippen molar-refractivity contribution in [2.45, 2.75) is 48.7 Å². The zero-order valence-corrected chi connectivity index (χ0v) is 14.3. The highest BCUT2D eigenvalue weighted by Crippen LogP contribution is 2.46. The van der Waals surface area contributed by atoms with Gasteiger partial charge in [0.05, 0.1) is 26.9 Å². The molecule has 0 bridgehead atoms. The molecule has 1 aromatic heterocycles. The van der Waals surface area contributed by atoms with Crippen LogP contribution in [0.25, 0.3) is 0 Å². The second-order valence-corrected chi connectivity index (χ2v) is 6.46. The molecule has 1 aromatic rings. The van der Waals surface area contributed by atoms with Crippen LogP contribution in [0.3, 0.4) is 0 Å². The lowest BCUT2D eigenvalue weighted by atomic mass is 9.86. The van der Waals surface area contributed by atoms with Crippen molar-refractivity contribution >= 4 is 17.7 Å². The van der Waals surface area contributed by atoms with Crippen molar-refractivity contribution in [1.82, 2.24) is 9.97 Å². The standard InChI is InChI=1S/C15H21FN2O4S/c1-4-22-13(19)15(8-6-5-7-10(15)16)23-14-17-11(20-2)9-12(18-14)21-3/h9-10H,4-8H2,1-3H3. The first-order chi connectivity index (χ1) is 11.1. The average Bonchev–Trinajstić information content (AvgIpc) is 2.56. The van der Waals surface area contributed by atoms with Crippen LogP contribution in [-0.4, -0.2) is 47.7 Å². The van der Waals surface area contributed by atoms with E-state index in [1.165, 1.54) is 20.3 Å². The summed E-state index contributed by atoms with van der Waals surface area (Å²) in [6.45, 7) is 1.91. The van der Waals surface area contributed by atoms with Crippen LogP contribution in [0, 0.1) is 0 Å². The first kappa shape index (κ1) is 17.8. The molecular formula is C15H21FN2O4S. The van der Waals surface area contributed by atoms with Crippen LogP contribution in [0.4, 0.5) is 4.39 Å². The maximum absolute atomic E-state index is 14.7. The van der Waals surface area contributed by atoms with Crippen molar-refractivity contribution in [2.24, 2.45) is 0 Å². The van der Waals surface area contributed by atoms with Crippen molar-refractivity contribution in [3.63, 3.8) is 0 Å². The van der Waals surface area contributed by atoms with E-state index in [1.54, 1.807) is 6.92 Å². The molecule has 0 spiro atoms. The van der Waals surface area contributed by atoms with Crippen molar-refractivity contribution in [2.75, 3.05) is 20.8 Å².